The van der Waals surface area contributed by atoms with Crippen molar-refractivity contribution in [2.24, 2.45) is 5.92 Å². The monoisotopic (exact) mass is 534 g/mol. The molecule has 0 aliphatic carbocycles. The molecule has 1 N–H and O–H groups in total. The molecule has 1 aromatic carbocycles. The van der Waals surface area contributed by atoms with E-state index >= 15 is 0 Å². The van der Waals surface area contributed by atoms with E-state index in [0.29, 0.717) is 61.3 Å². The summed E-state index contributed by atoms with van der Waals surface area (Å²) in [4.78, 5) is 21.3. The molecule has 0 bridgehead atoms. The van der Waals surface area contributed by atoms with Crippen molar-refractivity contribution >= 4 is 22.4 Å². The van der Waals surface area contributed by atoms with Crippen molar-refractivity contribution in [1.82, 2.24) is 15.0 Å². The first kappa shape index (κ1) is 29.9. The number of nitrogens with one attached hydrogen (secondary N) is 1. The Kier molecular flexibility index (Phi) is 11.6. The van der Waals surface area contributed by atoms with Crippen LogP contribution in [0.15, 0.2) is 31.6 Å². The minimum atomic E-state index is -0.386. The van der Waals surface area contributed by atoms with Crippen LogP contribution in [-0.4, -0.2) is 46.3 Å². The summed E-state index contributed by atoms with van der Waals surface area (Å²) in [7, 11) is 0. The number of ether oxygens (including phenoxy) is 1. The molecule has 0 amide bonds. The van der Waals surface area contributed by atoms with E-state index in [-0.39, 0.29) is 11.6 Å². The molecule has 1 aliphatic heterocycles. The number of fused-ring (bicyclic) bond motifs is 1. The lowest BCUT2D eigenvalue weighted by Gasteiger charge is -2.33. The number of rotatable bonds is 16. The van der Waals surface area contributed by atoms with Gasteiger partial charge in [-0.2, -0.15) is 0 Å². The number of unbranched alkanes of at least 4 members (excludes halogenated alkanes) is 2. The maximum absolute atomic E-state index is 12.2. The van der Waals surface area contributed by atoms with E-state index in [1.807, 2.05) is 19.1 Å². The molecular weight excluding hydrogens is 492 g/mol. The number of aromatic nitrogens is 2. The summed E-state index contributed by atoms with van der Waals surface area (Å²) in [5.74, 6) is 4.24. The summed E-state index contributed by atoms with van der Waals surface area (Å²) in [6, 6.07) is 0. The molecule has 1 aromatic heterocycles. The highest BCUT2D eigenvalue weighted by molar-refractivity contribution is 6.00. The third-order valence-electron chi connectivity index (χ3n) is 7.08. The van der Waals surface area contributed by atoms with Gasteiger partial charge in [0.25, 0.3) is 0 Å². The molecule has 0 unspecified atom stereocenters. The van der Waals surface area contributed by atoms with Crippen LogP contribution in [0, 0.1) is 28.4 Å². The SMILES string of the molecule is C#CCCCc1c(NN2CCC(C=C)CC2)c(OCCCC)c(CC=C)c2ncnc(N(CCC)[N+](=O)[O-])c12. The first-order valence-electron chi connectivity index (χ1n) is 14.1. The number of terminal acetylenes is 1. The van der Waals surface area contributed by atoms with Gasteiger partial charge in [0.1, 0.15) is 12.1 Å². The fourth-order valence-electron chi connectivity index (χ4n) is 5.03. The number of anilines is 2. The zero-order valence-corrected chi connectivity index (χ0v) is 23.5. The van der Waals surface area contributed by atoms with Crippen molar-refractivity contribution < 1.29 is 9.77 Å². The molecule has 2 heterocycles. The molecule has 9 heteroatoms. The number of aryl methyl sites for hydroxylation is 1. The van der Waals surface area contributed by atoms with Gasteiger partial charge in [0.2, 0.25) is 5.82 Å². The van der Waals surface area contributed by atoms with Gasteiger partial charge in [0, 0.05) is 25.1 Å². The predicted octanol–water partition coefficient (Wildman–Crippen LogP) is 6.13. The quantitative estimate of drug-likeness (QED) is 0.0904. The van der Waals surface area contributed by atoms with Crippen molar-refractivity contribution in [3.05, 3.63) is 52.9 Å². The Morgan fingerprint density at radius 2 is 2.03 bits per heavy atom. The lowest BCUT2D eigenvalue weighted by atomic mass is 9.94. The van der Waals surface area contributed by atoms with Crippen LogP contribution in [0.1, 0.15) is 69.9 Å². The smallest absolute Gasteiger partial charge is 0.205 e. The van der Waals surface area contributed by atoms with Crippen molar-refractivity contribution in [2.45, 2.75) is 71.6 Å². The van der Waals surface area contributed by atoms with Crippen LogP contribution in [0.5, 0.6) is 5.75 Å². The highest BCUT2D eigenvalue weighted by Crippen LogP contribution is 2.44. The number of piperidine rings is 1. The maximum atomic E-state index is 12.2. The molecule has 0 spiro atoms. The molecule has 0 atom stereocenters. The van der Waals surface area contributed by atoms with Crippen LogP contribution in [0.2, 0.25) is 0 Å². The van der Waals surface area contributed by atoms with E-state index in [4.69, 9.17) is 11.2 Å². The summed E-state index contributed by atoms with van der Waals surface area (Å²) in [6.45, 7) is 14.5. The molecule has 0 saturated carbocycles. The number of hydrogen-bond donors (Lipinski definition) is 1. The highest BCUT2D eigenvalue weighted by Gasteiger charge is 2.30. The van der Waals surface area contributed by atoms with Crippen LogP contribution in [0.25, 0.3) is 10.9 Å². The van der Waals surface area contributed by atoms with Gasteiger partial charge in [-0.05, 0) is 56.4 Å². The molecule has 210 valence electrons. The molecule has 1 fully saturated rings. The molecule has 9 nitrogen and oxygen atoms in total. The summed E-state index contributed by atoms with van der Waals surface area (Å²) in [5.41, 5.74) is 6.90. The molecule has 3 rings (SSSR count). The number of nitro groups is 1. The summed E-state index contributed by atoms with van der Waals surface area (Å²) >= 11 is 0. The maximum Gasteiger partial charge on any atom is 0.205 e. The van der Waals surface area contributed by atoms with E-state index in [1.54, 1.807) is 0 Å². The van der Waals surface area contributed by atoms with Crippen LogP contribution < -0.4 is 15.2 Å². The average Bonchev–Trinajstić information content (AvgIpc) is 2.94. The van der Waals surface area contributed by atoms with Crippen LogP contribution in [0.4, 0.5) is 11.5 Å². The topological polar surface area (TPSA) is 96.7 Å². The van der Waals surface area contributed by atoms with Crippen molar-refractivity contribution in [3.63, 3.8) is 0 Å². The Labute approximate surface area is 232 Å². The molecule has 0 radical (unpaired) electrons. The van der Waals surface area contributed by atoms with Gasteiger partial charge in [0.15, 0.2) is 5.03 Å². The number of hydrogen-bond acceptors (Lipinski definition) is 7. The zero-order valence-electron chi connectivity index (χ0n) is 23.5. The molecule has 2 aromatic rings. The largest absolute Gasteiger partial charge is 0.491 e. The van der Waals surface area contributed by atoms with Crippen LogP contribution >= 0.6 is 0 Å². The fraction of sp³-hybridized carbons (Fsp3) is 0.533. The second kappa shape index (κ2) is 15.1. The van der Waals surface area contributed by atoms with E-state index in [9.17, 15) is 10.1 Å². The van der Waals surface area contributed by atoms with E-state index in [0.717, 1.165) is 66.3 Å². The summed E-state index contributed by atoms with van der Waals surface area (Å²) < 4.78 is 6.49. The second-order valence-electron chi connectivity index (χ2n) is 9.87. The Balaban J connectivity index is 2.32. The number of benzene rings is 1. The Hall–Kier alpha value is -3.64. The third kappa shape index (κ3) is 7.27. The first-order chi connectivity index (χ1) is 19.0. The van der Waals surface area contributed by atoms with Crippen molar-refractivity contribution in [2.75, 3.05) is 36.7 Å². The summed E-state index contributed by atoms with van der Waals surface area (Å²) in [5, 5.41) is 15.8. The van der Waals surface area contributed by atoms with Gasteiger partial charge >= 0.3 is 0 Å². The highest BCUT2D eigenvalue weighted by atomic mass is 16.7. The fourth-order valence-corrected chi connectivity index (χ4v) is 5.03. The molecular formula is C30H42N6O3. The number of hydrazine groups is 2. The minimum absolute atomic E-state index is 0.228. The summed E-state index contributed by atoms with van der Waals surface area (Å²) in [6.07, 6.45) is 17.8. The van der Waals surface area contributed by atoms with Gasteiger partial charge in [0.05, 0.1) is 29.7 Å². The van der Waals surface area contributed by atoms with E-state index < -0.39 is 0 Å². The first-order valence-corrected chi connectivity index (χ1v) is 14.1. The van der Waals surface area contributed by atoms with Gasteiger partial charge in [-0.3, -0.25) is 0 Å². The van der Waals surface area contributed by atoms with Gasteiger partial charge < -0.3 is 10.2 Å². The lowest BCUT2D eigenvalue weighted by molar-refractivity contribution is -0.494. The number of nitrogens with zero attached hydrogens (tertiary/aromatic N) is 5. The lowest BCUT2D eigenvalue weighted by Crippen LogP contribution is -2.38. The van der Waals surface area contributed by atoms with Crippen molar-refractivity contribution in [1.29, 1.82) is 0 Å². The zero-order chi connectivity index (χ0) is 28.2. The van der Waals surface area contributed by atoms with E-state index in [1.165, 1.54) is 6.33 Å². The Bertz CT molecular complexity index is 1180. The third-order valence-corrected chi connectivity index (χ3v) is 7.08. The normalized spacial score (nSPS) is 14.1. The molecule has 1 saturated heterocycles. The Morgan fingerprint density at radius 1 is 1.26 bits per heavy atom. The second-order valence-corrected chi connectivity index (χ2v) is 9.87. The van der Waals surface area contributed by atoms with Gasteiger partial charge in [-0.1, -0.05) is 37.4 Å². The van der Waals surface area contributed by atoms with Crippen molar-refractivity contribution in [3.8, 4) is 18.1 Å². The van der Waals surface area contributed by atoms with Crippen LogP contribution in [0.3, 0.4) is 0 Å². The Morgan fingerprint density at radius 3 is 2.64 bits per heavy atom. The predicted molar refractivity (Wildman–Crippen MR) is 158 cm³/mol. The van der Waals surface area contributed by atoms with Gasteiger partial charge in [-0.15, -0.1) is 25.5 Å². The minimum Gasteiger partial charge on any atom is -0.491 e. The average molecular weight is 535 g/mol. The number of allylic oxidation sites excluding steroid dienone is 2. The standard InChI is InChI=1S/C30H42N6O3/c1-6-11-13-15-24-26-27(31-22-32-30(26)35(18-9-4)36(37)38)25(14-8-3)29(39-21-12-7-2)28(24)33-34-19-16-23(10-5)17-20-34/h1,8,10,22-23,33H,3,5,7,9,11-21H2,2,4H3. The molecule has 39 heavy (non-hydrogen) atoms. The van der Waals surface area contributed by atoms with E-state index in [2.05, 4.69) is 46.4 Å². The molecule has 1 aliphatic rings. The van der Waals surface area contributed by atoms with Crippen LogP contribution in [-0.2, 0) is 12.8 Å². The van der Waals surface area contributed by atoms with Gasteiger partial charge in [-0.25, -0.2) is 25.1 Å².